The van der Waals surface area contributed by atoms with Crippen molar-refractivity contribution < 1.29 is 18.8 Å². The summed E-state index contributed by atoms with van der Waals surface area (Å²) in [5.41, 5.74) is 3.33. The lowest BCUT2D eigenvalue weighted by molar-refractivity contribution is -0.131. The first kappa shape index (κ1) is 19.0. The smallest absolute Gasteiger partial charge is 0.227 e. The largest absolute Gasteiger partial charge is 0.497 e. The second kappa shape index (κ2) is 7.98. The van der Waals surface area contributed by atoms with Crippen molar-refractivity contribution in [2.24, 2.45) is 0 Å². The second-order valence-electron chi connectivity index (χ2n) is 7.13. The number of amides is 1. The van der Waals surface area contributed by atoms with Gasteiger partial charge < -0.3 is 18.9 Å². The first-order chi connectivity index (χ1) is 14.1. The van der Waals surface area contributed by atoms with E-state index in [2.05, 4.69) is 15.4 Å². The summed E-state index contributed by atoms with van der Waals surface area (Å²) in [7, 11) is 3.21. The van der Waals surface area contributed by atoms with Crippen LogP contribution in [0.4, 0.5) is 0 Å². The molecule has 0 unspecified atom stereocenters. The molecule has 4 rings (SSSR count). The van der Waals surface area contributed by atoms with Crippen LogP contribution >= 0.6 is 0 Å². The highest BCUT2D eigenvalue weighted by molar-refractivity contribution is 5.81. The number of carbonyl (C=O) groups is 1. The van der Waals surface area contributed by atoms with Gasteiger partial charge in [0.05, 0.1) is 49.8 Å². The van der Waals surface area contributed by atoms with Gasteiger partial charge in [-0.2, -0.15) is 5.10 Å². The Morgan fingerprint density at radius 1 is 1.31 bits per heavy atom. The number of benzene rings is 1. The fraction of sp³-hybridized carbons (Fsp3) is 0.381. The zero-order valence-corrected chi connectivity index (χ0v) is 16.8. The fourth-order valence-corrected chi connectivity index (χ4v) is 3.89. The number of ether oxygens (including phenoxy) is 2. The van der Waals surface area contributed by atoms with Crippen LogP contribution in [0.3, 0.4) is 0 Å². The highest BCUT2D eigenvalue weighted by atomic mass is 16.5. The Labute approximate surface area is 168 Å². The number of aromatic amines is 1. The molecule has 0 saturated carbocycles. The Kier molecular flexibility index (Phi) is 5.24. The number of hydrogen-bond donors (Lipinski definition) is 1. The molecule has 152 valence electrons. The van der Waals surface area contributed by atoms with Crippen LogP contribution in [-0.4, -0.2) is 46.9 Å². The van der Waals surface area contributed by atoms with Gasteiger partial charge in [-0.05, 0) is 38.0 Å². The fourth-order valence-electron chi connectivity index (χ4n) is 3.89. The highest BCUT2D eigenvalue weighted by Crippen LogP contribution is 2.37. The molecular weight excluding hydrogens is 372 g/mol. The molecule has 3 heterocycles. The SMILES string of the molecule is COc1ccc(OC)c(CC(=O)N2CCC[C@H]2c2[nH]ncc2-c2cc(C)no2)c1. The van der Waals surface area contributed by atoms with Crippen LogP contribution in [0.1, 0.15) is 35.8 Å². The lowest BCUT2D eigenvalue weighted by atomic mass is 10.0. The van der Waals surface area contributed by atoms with Crippen LogP contribution in [0.5, 0.6) is 11.5 Å². The van der Waals surface area contributed by atoms with Gasteiger partial charge in [-0.25, -0.2) is 0 Å². The standard InChI is InChI=1S/C21H24N4O4/c1-13-9-19(29-24-13)16-12-22-23-21(16)17-5-4-8-25(17)20(26)11-14-10-15(27-2)6-7-18(14)28-3/h6-7,9-10,12,17H,4-5,8,11H2,1-3H3,(H,22,23)/t17-/m0/s1. The number of nitrogens with one attached hydrogen (secondary N) is 1. The van der Waals surface area contributed by atoms with Gasteiger partial charge in [0, 0.05) is 18.2 Å². The molecule has 2 aromatic heterocycles. The number of likely N-dealkylation sites (tertiary alicyclic amines) is 1. The van der Waals surface area contributed by atoms with Crippen molar-refractivity contribution in [1.82, 2.24) is 20.3 Å². The minimum Gasteiger partial charge on any atom is -0.497 e. The lowest BCUT2D eigenvalue weighted by Crippen LogP contribution is -2.32. The van der Waals surface area contributed by atoms with Crippen LogP contribution in [0.25, 0.3) is 11.3 Å². The molecule has 0 aliphatic carbocycles. The van der Waals surface area contributed by atoms with Crippen molar-refractivity contribution in [3.63, 3.8) is 0 Å². The molecular formula is C21H24N4O4. The Hall–Kier alpha value is -3.29. The maximum Gasteiger partial charge on any atom is 0.227 e. The van der Waals surface area contributed by atoms with E-state index < -0.39 is 0 Å². The van der Waals surface area contributed by atoms with E-state index in [1.807, 2.05) is 36.1 Å². The van der Waals surface area contributed by atoms with E-state index in [0.29, 0.717) is 23.8 Å². The summed E-state index contributed by atoms with van der Waals surface area (Å²) < 4.78 is 16.1. The Bertz CT molecular complexity index is 1010. The van der Waals surface area contributed by atoms with Crippen molar-refractivity contribution in [3.05, 3.63) is 47.4 Å². The molecule has 8 nitrogen and oxygen atoms in total. The number of aryl methyl sites for hydroxylation is 1. The van der Waals surface area contributed by atoms with Crippen molar-refractivity contribution >= 4 is 5.91 Å². The summed E-state index contributed by atoms with van der Waals surface area (Å²) >= 11 is 0. The number of methoxy groups -OCH3 is 2. The molecule has 1 atom stereocenters. The average molecular weight is 396 g/mol. The van der Waals surface area contributed by atoms with Gasteiger partial charge in [0.2, 0.25) is 5.91 Å². The van der Waals surface area contributed by atoms with Crippen molar-refractivity contribution in [2.75, 3.05) is 20.8 Å². The van der Waals surface area contributed by atoms with E-state index >= 15 is 0 Å². The third-order valence-electron chi connectivity index (χ3n) is 5.30. The van der Waals surface area contributed by atoms with Gasteiger partial charge >= 0.3 is 0 Å². The van der Waals surface area contributed by atoms with E-state index in [0.717, 1.165) is 35.4 Å². The molecule has 3 aromatic rings. The Balaban J connectivity index is 1.58. The Morgan fingerprint density at radius 2 is 2.17 bits per heavy atom. The van der Waals surface area contributed by atoms with E-state index in [4.69, 9.17) is 14.0 Å². The van der Waals surface area contributed by atoms with E-state index in [9.17, 15) is 4.79 Å². The van der Waals surface area contributed by atoms with Gasteiger partial charge in [0.1, 0.15) is 11.5 Å². The first-order valence-corrected chi connectivity index (χ1v) is 9.58. The van der Waals surface area contributed by atoms with Crippen LogP contribution < -0.4 is 9.47 Å². The normalized spacial score (nSPS) is 16.2. The summed E-state index contributed by atoms with van der Waals surface area (Å²) in [5, 5.41) is 11.2. The minimum absolute atomic E-state index is 0.0355. The predicted octanol–water partition coefficient (Wildman–Crippen LogP) is 3.30. The highest BCUT2D eigenvalue weighted by Gasteiger charge is 2.33. The van der Waals surface area contributed by atoms with Gasteiger partial charge in [-0.3, -0.25) is 9.89 Å². The molecule has 1 amide bonds. The van der Waals surface area contributed by atoms with Crippen LogP contribution in [0.15, 0.2) is 35.0 Å². The quantitative estimate of drug-likeness (QED) is 0.687. The molecule has 8 heteroatoms. The third-order valence-corrected chi connectivity index (χ3v) is 5.30. The zero-order valence-electron chi connectivity index (χ0n) is 16.8. The number of nitrogens with zero attached hydrogens (tertiary/aromatic N) is 3. The topological polar surface area (TPSA) is 93.5 Å². The molecule has 1 aliphatic heterocycles. The van der Waals surface area contributed by atoms with Crippen molar-refractivity contribution in [3.8, 4) is 22.8 Å². The molecule has 1 aliphatic rings. The zero-order chi connectivity index (χ0) is 20.4. The molecule has 1 N–H and O–H groups in total. The van der Waals surface area contributed by atoms with E-state index in [1.165, 1.54) is 0 Å². The molecule has 0 radical (unpaired) electrons. The molecule has 1 saturated heterocycles. The number of carbonyl (C=O) groups excluding carboxylic acids is 1. The summed E-state index contributed by atoms with van der Waals surface area (Å²) in [5.74, 6) is 2.06. The van der Waals surface area contributed by atoms with E-state index in [-0.39, 0.29) is 18.4 Å². The van der Waals surface area contributed by atoms with Crippen molar-refractivity contribution in [2.45, 2.75) is 32.2 Å². The number of hydrogen-bond acceptors (Lipinski definition) is 6. The molecule has 29 heavy (non-hydrogen) atoms. The molecule has 0 spiro atoms. The number of H-pyrrole nitrogens is 1. The monoisotopic (exact) mass is 396 g/mol. The summed E-state index contributed by atoms with van der Waals surface area (Å²) in [6.07, 6.45) is 3.76. The first-order valence-electron chi connectivity index (χ1n) is 9.58. The maximum atomic E-state index is 13.2. The average Bonchev–Trinajstić information content (AvgIpc) is 3.47. The van der Waals surface area contributed by atoms with Crippen LogP contribution in [0.2, 0.25) is 0 Å². The van der Waals surface area contributed by atoms with Crippen LogP contribution in [0, 0.1) is 6.92 Å². The van der Waals surface area contributed by atoms with E-state index in [1.54, 1.807) is 20.4 Å². The van der Waals surface area contributed by atoms with Gasteiger partial charge in [-0.1, -0.05) is 5.16 Å². The van der Waals surface area contributed by atoms with Crippen LogP contribution in [-0.2, 0) is 11.2 Å². The summed E-state index contributed by atoms with van der Waals surface area (Å²) in [6.45, 7) is 2.57. The lowest BCUT2D eigenvalue weighted by Gasteiger charge is -2.25. The summed E-state index contributed by atoms with van der Waals surface area (Å²) in [4.78, 5) is 15.1. The number of aromatic nitrogens is 3. The molecule has 1 aromatic carbocycles. The Morgan fingerprint density at radius 3 is 2.90 bits per heavy atom. The van der Waals surface area contributed by atoms with Gasteiger partial charge in [0.15, 0.2) is 5.76 Å². The predicted molar refractivity (Wildman–Crippen MR) is 106 cm³/mol. The second-order valence-corrected chi connectivity index (χ2v) is 7.13. The molecule has 1 fully saturated rings. The van der Waals surface area contributed by atoms with Gasteiger partial charge in [0.25, 0.3) is 0 Å². The summed E-state index contributed by atoms with van der Waals surface area (Å²) in [6, 6.07) is 7.28. The molecule has 0 bridgehead atoms. The minimum atomic E-state index is -0.0815. The maximum absolute atomic E-state index is 13.2. The number of rotatable bonds is 6. The third kappa shape index (κ3) is 3.70. The van der Waals surface area contributed by atoms with Gasteiger partial charge in [-0.15, -0.1) is 0 Å². The van der Waals surface area contributed by atoms with Crippen molar-refractivity contribution in [1.29, 1.82) is 0 Å².